The van der Waals surface area contributed by atoms with Gasteiger partial charge in [0.1, 0.15) is 0 Å². The zero-order chi connectivity index (χ0) is 13.8. The van der Waals surface area contributed by atoms with E-state index < -0.39 is 0 Å². The third kappa shape index (κ3) is 4.12. The van der Waals surface area contributed by atoms with Crippen LogP contribution in [0.15, 0.2) is 49.9 Å². The smallest absolute Gasteiger partial charge is 0.0684 e. The van der Waals surface area contributed by atoms with Crippen LogP contribution in [0, 0.1) is 0 Å². The minimum atomic E-state index is 0.257. The van der Waals surface area contributed by atoms with Crippen LogP contribution in [0.2, 0.25) is 0 Å². The topological polar surface area (TPSA) is 24.9 Å². The first-order chi connectivity index (χ1) is 9.08. The molecule has 19 heavy (non-hydrogen) atoms. The molecule has 2 rings (SSSR count). The summed E-state index contributed by atoms with van der Waals surface area (Å²) in [6.45, 7) is 2.86. The first kappa shape index (κ1) is 15.2. The number of aromatic nitrogens is 1. The zero-order valence-electron chi connectivity index (χ0n) is 10.3. The van der Waals surface area contributed by atoms with Crippen molar-refractivity contribution in [3.05, 3.63) is 61.2 Å². The molecule has 0 bridgehead atoms. The fraction of sp³-hybridized carbons (Fsp3) is 0.214. The third-order valence-electron chi connectivity index (χ3n) is 2.83. The van der Waals surface area contributed by atoms with Crippen molar-refractivity contribution in [2.24, 2.45) is 0 Å². The monoisotopic (exact) mass is 446 g/mol. The van der Waals surface area contributed by atoms with E-state index in [9.17, 15) is 0 Å². The lowest BCUT2D eigenvalue weighted by molar-refractivity contribution is 0.564. The summed E-state index contributed by atoms with van der Waals surface area (Å²) in [6.07, 6.45) is 1.81. The molecule has 1 N–H and O–H groups in total. The highest BCUT2D eigenvalue weighted by Crippen LogP contribution is 2.24. The Morgan fingerprint density at radius 3 is 2.58 bits per heavy atom. The van der Waals surface area contributed by atoms with Gasteiger partial charge in [-0.1, -0.05) is 34.1 Å². The molecule has 0 aliphatic carbocycles. The highest BCUT2D eigenvalue weighted by atomic mass is 79.9. The molecular weight excluding hydrogens is 436 g/mol. The van der Waals surface area contributed by atoms with Crippen molar-refractivity contribution in [2.45, 2.75) is 19.5 Å². The number of rotatable bonds is 4. The van der Waals surface area contributed by atoms with Gasteiger partial charge in [0.2, 0.25) is 0 Å². The molecule has 0 spiro atoms. The maximum absolute atomic E-state index is 4.40. The maximum Gasteiger partial charge on any atom is 0.0684 e. The van der Waals surface area contributed by atoms with E-state index in [0.717, 1.165) is 25.7 Å². The summed E-state index contributed by atoms with van der Waals surface area (Å²) >= 11 is 10.5. The molecule has 2 aromatic rings. The number of hydrogen-bond acceptors (Lipinski definition) is 2. The first-order valence-corrected chi connectivity index (χ1v) is 8.23. The van der Waals surface area contributed by atoms with Crippen LogP contribution in [0.5, 0.6) is 0 Å². The van der Waals surface area contributed by atoms with E-state index >= 15 is 0 Å². The fourth-order valence-electron chi connectivity index (χ4n) is 1.76. The van der Waals surface area contributed by atoms with Crippen LogP contribution in [-0.2, 0) is 6.54 Å². The lowest BCUT2D eigenvalue weighted by atomic mass is 10.1. The Labute approximate surface area is 138 Å². The highest BCUT2D eigenvalue weighted by Gasteiger charge is 2.09. The van der Waals surface area contributed by atoms with E-state index in [4.69, 9.17) is 0 Å². The normalized spacial score (nSPS) is 12.4. The molecule has 100 valence electrons. The average Bonchev–Trinajstić information content (AvgIpc) is 2.38. The van der Waals surface area contributed by atoms with Gasteiger partial charge in [-0.05, 0) is 56.5 Å². The van der Waals surface area contributed by atoms with Crippen molar-refractivity contribution in [3.8, 4) is 0 Å². The maximum atomic E-state index is 4.40. The van der Waals surface area contributed by atoms with Gasteiger partial charge in [-0.25, -0.2) is 0 Å². The molecule has 0 saturated heterocycles. The molecule has 0 aliphatic rings. The Morgan fingerprint density at radius 1 is 1.16 bits per heavy atom. The average molecular weight is 449 g/mol. The quantitative estimate of drug-likeness (QED) is 0.693. The van der Waals surface area contributed by atoms with Gasteiger partial charge < -0.3 is 5.32 Å². The van der Waals surface area contributed by atoms with Crippen molar-refractivity contribution in [3.63, 3.8) is 0 Å². The van der Waals surface area contributed by atoms with Crippen molar-refractivity contribution in [1.29, 1.82) is 0 Å². The molecular formula is C14H13Br3N2. The van der Waals surface area contributed by atoms with Crippen molar-refractivity contribution in [1.82, 2.24) is 10.3 Å². The van der Waals surface area contributed by atoms with E-state index in [1.807, 2.05) is 24.4 Å². The second-order valence-electron chi connectivity index (χ2n) is 4.21. The summed E-state index contributed by atoms with van der Waals surface area (Å²) in [5.41, 5.74) is 2.25. The first-order valence-electron chi connectivity index (χ1n) is 5.85. The van der Waals surface area contributed by atoms with E-state index in [-0.39, 0.29) is 6.04 Å². The summed E-state index contributed by atoms with van der Waals surface area (Å²) in [5.74, 6) is 0. The molecule has 5 heteroatoms. The molecule has 0 saturated carbocycles. The van der Waals surface area contributed by atoms with Crippen LogP contribution in [-0.4, -0.2) is 4.98 Å². The number of nitrogens with one attached hydrogen (secondary N) is 1. The van der Waals surface area contributed by atoms with Gasteiger partial charge in [0, 0.05) is 32.2 Å². The largest absolute Gasteiger partial charge is 0.304 e. The van der Waals surface area contributed by atoms with Crippen LogP contribution in [0.3, 0.4) is 0 Å². The lowest BCUT2D eigenvalue weighted by Gasteiger charge is -2.16. The second-order valence-corrected chi connectivity index (χ2v) is 6.83. The third-order valence-corrected chi connectivity index (χ3v) is 4.67. The van der Waals surface area contributed by atoms with Gasteiger partial charge in [0.05, 0.1) is 5.69 Å². The number of nitrogens with zero attached hydrogens (tertiary/aromatic N) is 1. The zero-order valence-corrected chi connectivity index (χ0v) is 15.1. The molecule has 0 aliphatic heterocycles. The van der Waals surface area contributed by atoms with Gasteiger partial charge in [-0.3, -0.25) is 4.98 Å². The van der Waals surface area contributed by atoms with E-state index in [2.05, 4.69) is 77.1 Å². The molecule has 1 aromatic heterocycles. The van der Waals surface area contributed by atoms with E-state index in [1.54, 1.807) is 0 Å². The minimum Gasteiger partial charge on any atom is -0.304 e. The molecule has 1 atom stereocenters. The summed E-state index contributed by atoms with van der Waals surface area (Å²) in [5, 5.41) is 3.48. The Kier molecular flexibility index (Phi) is 5.57. The number of benzene rings is 1. The molecule has 0 amide bonds. The second kappa shape index (κ2) is 6.97. The van der Waals surface area contributed by atoms with E-state index in [1.165, 1.54) is 5.56 Å². The van der Waals surface area contributed by atoms with Gasteiger partial charge in [-0.15, -0.1) is 0 Å². The Morgan fingerprint density at radius 2 is 1.89 bits per heavy atom. The lowest BCUT2D eigenvalue weighted by Crippen LogP contribution is -2.19. The SMILES string of the molecule is CC(NCc1ncc(Br)cc1Br)c1ccccc1Br. The van der Waals surface area contributed by atoms with E-state index in [0.29, 0.717) is 0 Å². The van der Waals surface area contributed by atoms with Gasteiger partial charge in [0.25, 0.3) is 0 Å². The van der Waals surface area contributed by atoms with Crippen LogP contribution in [0.1, 0.15) is 24.2 Å². The Hall–Kier alpha value is -0.230. The van der Waals surface area contributed by atoms with Crippen LogP contribution in [0.4, 0.5) is 0 Å². The van der Waals surface area contributed by atoms with Gasteiger partial charge >= 0.3 is 0 Å². The standard InChI is InChI=1S/C14H13Br3N2/c1-9(11-4-2-3-5-12(11)16)18-8-14-13(17)6-10(15)7-19-14/h2-7,9,18H,8H2,1H3. The van der Waals surface area contributed by atoms with Crippen LogP contribution >= 0.6 is 47.8 Å². The molecule has 0 fully saturated rings. The Balaban J connectivity index is 2.04. The number of hydrogen-bond donors (Lipinski definition) is 1. The van der Waals surface area contributed by atoms with Gasteiger partial charge in [-0.2, -0.15) is 0 Å². The summed E-state index contributed by atoms with van der Waals surface area (Å²) < 4.78 is 3.11. The summed E-state index contributed by atoms with van der Waals surface area (Å²) in [6, 6.07) is 10.5. The summed E-state index contributed by atoms with van der Waals surface area (Å²) in [4.78, 5) is 4.40. The van der Waals surface area contributed by atoms with Crippen LogP contribution < -0.4 is 5.32 Å². The molecule has 2 nitrogen and oxygen atoms in total. The predicted molar refractivity (Wildman–Crippen MR) is 89.0 cm³/mol. The molecule has 1 unspecified atom stereocenters. The molecule has 1 aromatic carbocycles. The fourth-order valence-corrected chi connectivity index (χ4v) is 3.51. The molecule has 0 radical (unpaired) electrons. The van der Waals surface area contributed by atoms with Crippen molar-refractivity contribution >= 4 is 47.8 Å². The summed E-state index contributed by atoms with van der Waals surface area (Å²) in [7, 11) is 0. The van der Waals surface area contributed by atoms with Gasteiger partial charge in [0.15, 0.2) is 0 Å². The molecule has 1 heterocycles. The Bertz CT molecular complexity index is 572. The minimum absolute atomic E-state index is 0.257. The highest BCUT2D eigenvalue weighted by molar-refractivity contribution is 9.11. The van der Waals surface area contributed by atoms with Crippen LogP contribution in [0.25, 0.3) is 0 Å². The van der Waals surface area contributed by atoms with Crippen molar-refractivity contribution < 1.29 is 0 Å². The number of halogens is 3. The predicted octanol–water partition coefficient (Wildman–Crippen LogP) is 5.22. The number of pyridine rings is 1. The van der Waals surface area contributed by atoms with Crippen molar-refractivity contribution in [2.75, 3.05) is 0 Å².